The summed E-state index contributed by atoms with van der Waals surface area (Å²) in [6.45, 7) is 6.97. The molecular weight excluding hydrogens is 152 g/mol. The highest BCUT2D eigenvalue weighted by Gasteiger charge is 2.12. The maximum absolute atomic E-state index is 5.02. The number of piperazine rings is 1. The van der Waals surface area contributed by atoms with Crippen LogP contribution in [0.5, 0.6) is 0 Å². The van der Waals surface area contributed by atoms with Crippen LogP contribution < -0.4 is 0 Å². The average molecular weight is 172 g/mol. The number of ether oxygens (including phenoxy) is 1. The number of hydrogen-bond acceptors (Lipinski definition) is 3. The van der Waals surface area contributed by atoms with Crippen molar-refractivity contribution in [3.63, 3.8) is 0 Å². The fourth-order valence-corrected chi connectivity index (χ4v) is 1.50. The number of rotatable bonds is 4. The fraction of sp³-hybridized carbons (Fsp3) is 1.00. The van der Waals surface area contributed by atoms with Crippen molar-refractivity contribution in [1.82, 2.24) is 9.80 Å². The first kappa shape index (κ1) is 9.96. The van der Waals surface area contributed by atoms with E-state index in [1.54, 1.807) is 7.11 Å². The van der Waals surface area contributed by atoms with Crippen LogP contribution in [0.25, 0.3) is 0 Å². The van der Waals surface area contributed by atoms with Gasteiger partial charge in [-0.3, -0.25) is 0 Å². The molecule has 0 atom stereocenters. The van der Waals surface area contributed by atoms with Gasteiger partial charge in [0.05, 0.1) is 0 Å². The van der Waals surface area contributed by atoms with Crippen molar-refractivity contribution in [2.45, 2.75) is 6.42 Å². The lowest BCUT2D eigenvalue weighted by atomic mass is 10.3. The Morgan fingerprint density at radius 3 is 2.42 bits per heavy atom. The molecule has 0 bridgehead atoms. The van der Waals surface area contributed by atoms with Gasteiger partial charge >= 0.3 is 0 Å². The Bertz CT molecular complexity index is 111. The Kier molecular flexibility index (Phi) is 4.58. The van der Waals surface area contributed by atoms with E-state index in [9.17, 15) is 0 Å². The average Bonchev–Trinajstić information content (AvgIpc) is 2.09. The number of likely N-dealkylation sites (N-methyl/N-ethyl adjacent to an activating group) is 1. The van der Waals surface area contributed by atoms with Crippen molar-refractivity contribution in [3.8, 4) is 0 Å². The Morgan fingerprint density at radius 1 is 1.17 bits per heavy atom. The summed E-state index contributed by atoms with van der Waals surface area (Å²) < 4.78 is 5.02. The van der Waals surface area contributed by atoms with Gasteiger partial charge in [-0.15, -0.1) is 0 Å². The molecule has 72 valence electrons. The monoisotopic (exact) mass is 172 g/mol. The lowest BCUT2D eigenvalue weighted by Gasteiger charge is -2.32. The van der Waals surface area contributed by atoms with Gasteiger partial charge in [0.15, 0.2) is 0 Å². The maximum atomic E-state index is 5.02. The quantitative estimate of drug-likeness (QED) is 0.566. The summed E-state index contributed by atoms with van der Waals surface area (Å²) in [6.07, 6.45) is 1.17. The Hall–Kier alpha value is -0.120. The van der Waals surface area contributed by atoms with Crippen molar-refractivity contribution in [3.05, 3.63) is 0 Å². The van der Waals surface area contributed by atoms with E-state index in [1.165, 1.54) is 39.1 Å². The molecule has 0 unspecified atom stereocenters. The summed E-state index contributed by atoms with van der Waals surface area (Å²) in [5.74, 6) is 0. The second-order valence-electron chi connectivity index (χ2n) is 3.49. The molecule has 3 heteroatoms. The Balaban J connectivity index is 2.01. The van der Waals surface area contributed by atoms with Crippen LogP contribution in [0.4, 0.5) is 0 Å². The molecule has 3 nitrogen and oxygen atoms in total. The summed E-state index contributed by atoms with van der Waals surface area (Å²) in [5.41, 5.74) is 0. The normalized spacial score (nSPS) is 21.5. The van der Waals surface area contributed by atoms with Crippen molar-refractivity contribution in [2.24, 2.45) is 0 Å². The second kappa shape index (κ2) is 5.51. The second-order valence-corrected chi connectivity index (χ2v) is 3.49. The first-order valence-electron chi connectivity index (χ1n) is 4.73. The molecule has 1 rings (SSSR count). The van der Waals surface area contributed by atoms with Crippen LogP contribution in [0.15, 0.2) is 0 Å². The molecule has 1 saturated heterocycles. The van der Waals surface area contributed by atoms with Crippen LogP contribution in [0.1, 0.15) is 6.42 Å². The minimum Gasteiger partial charge on any atom is -0.385 e. The molecule has 0 saturated carbocycles. The molecule has 1 heterocycles. The zero-order chi connectivity index (χ0) is 8.81. The number of methoxy groups -OCH3 is 1. The molecule has 0 radical (unpaired) electrons. The first-order chi connectivity index (χ1) is 5.83. The van der Waals surface area contributed by atoms with Crippen molar-refractivity contribution >= 4 is 0 Å². The molecule has 0 N–H and O–H groups in total. The van der Waals surface area contributed by atoms with Crippen LogP contribution in [0, 0.1) is 0 Å². The SMILES string of the molecule is COCCCN1CCN(C)CC1. The van der Waals surface area contributed by atoms with Gasteiger partial charge in [-0.2, -0.15) is 0 Å². The number of nitrogens with zero attached hydrogens (tertiary/aromatic N) is 2. The zero-order valence-electron chi connectivity index (χ0n) is 8.25. The van der Waals surface area contributed by atoms with E-state index in [1.807, 2.05) is 0 Å². The third-order valence-electron chi connectivity index (χ3n) is 2.42. The van der Waals surface area contributed by atoms with Gasteiger partial charge in [-0.25, -0.2) is 0 Å². The van der Waals surface area contributed by atoms with Crippen LogP contribution in [-0.2, 0) is 4.74 Å². The molecule has 1 aliphatic heterocycles. The molecule has 0 aromatic carbocycles. The van der Waals surface area contributed by atoms with Gasteiger partial charge < -0.3 is 14.5 Å². The standard InChI is InChI=1S/C9H20N2O/c1-10-5-7-11(8-6-10)4-3-9-12-2/h3-9H2,1-2H3. The van der Waals surface area contributed by atoms with E-state index in [0.29, 0.717) is 0 Å². The molecule has 0 aromatic rings. The van der Waals surface area contributed by atoms with E-state index >= 15 is 0 Å². The van der Waals surface area contributed by atoms with Crippen LogP contribution in [-0.4, -0.2) is 63.3 Å². The topological polar surface area (TPSA) is 15.7 Å². The van der Waals surface area contributed by atoms with E-state index in [2.05, 4.69) is 16.8 Å². The van der Waals surface area contributed by atoms with Gasteiger partial charge in [0.25, 0.3) is 0 Å². The molecule has 0 spiro atoms. The minimum absolute atomic E-state index is 0.895. The van der Waals surface area contributed by atoms with E-state index < -0.39 is 0 Å². The van der Waals surface area contributed by atoms with Gasteiger partial charge in [0.1, 0.15) is 0 Å². The van der Waals surface area contributed by atoms with Crippen molar-refractivity contribution in [1.29, 1.82) is 0 Å². The van der Waals surface area contributed by atoms with Crippen LogP contribution in [0.2, 0.25) is 0 Å². The van der Waals surface area contributed by atoms with Crippen LogP contribution >= 0.6 is 0 Å². The molecule has 0 aromatic heterocycles. The molecule has 1 aliphatic rings. The van der Waals surface area contributed by atoms with E-state index in [0.717, 1.165) is 6.61 Å². The van der Waals surface area contributed by atoms with E-state index in [-0.39, 0.29) is 0 Å². The van der Waals surface area contributed by atoms with Crippen molar-refractivity contribution < 1.29 is 4.74 Å². The Morgan fingerprint density at radius 2 is 1.83 bits per heavy atom. The highest BCUT2D eigenvalue weighted by Crippen LogP contribution is 1.99. The largest absolute Gasteiger partial charge is 0.385 e. The fourth-order valence-electron chi connectivity index (χ4n) is 1.50. The zero-order valence-corrected chi connectivity index (χ0v) is 8.25. The Labute approximate surface area is 75.3 Å². The lowest BCUT2D eigenvalue weighted by Crippen LogP contribution is -2.44. The number of hydrogen-bond donors (Lipinski definition) is 0. The summed E-state index contributed by atoms with van der Waals surface area (Å²) in [7, 11) is 3.95. The molecular formula is C9H20N2O. The third-order valence-corrected chi connectivity index (χ3v) is 2.42. The molecule has 12 heavy (non-hydrogen) atoms. The predicted octanol–water partition coefficient (Wildman–Crippen LogP) is 0.270. The lowest BCUT2D eigenvalue weighted by molar-refractivity contribution is 0.131. The van der Waals surface area contributed by atoms with Gasteiger partial charge in [-0.05, 0) is 13.5 Å². The van der Waals surface area contributed by atoms with Gasteiger partial charge in [0.2, 0.25) is 0 Å². The van der Waals surface area contributed by atoms with Crippen molar-refractivity contribution in [2.75, 3.05) is 53.5 Å². The third kappa shape index (κ3) is 3.52. The minimum atomic E-state index is 0.895. The van der Waals surface area contributed by atoms with Crippen LogP contribution in [0.3, 0.4) is 0 Å². The maximum Gasteiger partial charge on any atom is 0.0474 e. The van der Waals surface area contributed by atoms with Gasteiger partial charge in [0, 0.05) is 46.4 Å². The summed E-state index contributed by atoms with van der Waals surface area (Å²) in [4.78, 5) is 4.89. The smallest absolute Gasteiger partial charge is 0.0474 e. The molecule has 1 fully saturated rings. The van der Waals surface area contributed by atoms with Gasteiger partial charge in [-0.1, -0.05) is 0 Å². The first-order valence-corrected chi connectivity index (χ1v) is 4.73. The molecule has 0 amide bonds. The summed E-state index contributed by atoms with van der Waals surface area (Å²) >= 11 is 0. The molecule has 0 aliphatic carbocycles. The highest BCUT2D eigenvalue weighted by atomic mass is 16.5. The predicted molar refractivity (Wildman–Crippen MR) is 50.4 cm³/mol. The summed E-state index contributed by atoms with van der Waals surface area (Å²) in [6, 6.07) is 0. The van der Waals surface area contributed by atoms with E-state index in [4.69, 9.17) is 4.74 Å². The summed E-state index contributed by atoms with van der Waals surface area (Å²) in [5, 5.41) is 0. The highest BCUT2D eigenvalue weighted by molar-refractivity contribution is 4.68.